The summed E-state index contributed by atoms with van der Waals surface area (Å²) in [5.74, 6) is 0. The van der Waals surface area contributed by atoms with E-state index in [1.807, 2.05) is 6.07 Å². The van der Waals surface area contributed by atoms with Gasteiger partial charge in [0.2, 0.25) is 0 Å². The second-order valence-electron chi connectivity index (χ2n) is 5.45. The molecule has 0 heterocycles. The number of para-hydroxylation sites is 1. The highest BCUT2D eigenvalue weighted by Gasteiger charge is 2.08. The summed E-state index contributed by atoms with van der Waals surface area (Å²) in [6, 6.07) is 10.4. The van der Waals surface area contributed by atoms with Gasteiger partial charge in [0.15, 0.2) is 0 Å². The fourth-order valence-electron chi connectivity index (χ4n) is 2.37. The Morgan fingerprint density at radius 2 is 1.81 bits per heavy atom. The monoisotopic (exact) mass is 293 g/mol. The van der Waals surface area contributed by atoms with Gasteiger partial charge in [-0.1, -0.05) is 32.0 Å². The van der Waals surface area contributed by atoms with Crippen LogP contribution in [0, 0.1) is 0 Å². The summed E-state index contributed by atoms with van der Waals surface area (Å²) in [5, 5.41) is 13.3. The molecule has 120 valence electrons. The van der Waals surface area contributed by atoms with E-state index in [4.69, 9.17) is 0 Å². The second kappa shape index (κ2) is 10.6. The number of likely N-dealkylation sites (N-methyl/N-ethyl adjacent to an activating group) is 1. The first kappa shape index (κ1) is 18.0. The van der Waals surface area contributed by atoms with Gasteiger partial charge in [-0.15, -0.1) is 0 Å². The number of nitrogens with one attached hydrogen (secondary N) is 1. The molecule has 1 unspecified atom stereocenters. The van der Waals surface area contributed by atoms with Gasteiger partial charge in [0.1, 0.15) is 0 Å². The van der Waals surface area contributed by atoms with Gasteiger partial charge in [-0.2, -0.15) is 0 Å². The molecule has 0 aromatic heterocycles. The van der Waals surface area contributed by atoms with E-state index in [9.17, 15) is 5.11 Å². The molecule has 0 bridgehead atoms. The SMILES string of the molecule is CCN(CC)CC(O)CNCCCN(C)c1ccccc1. The summed E-state index contributed by atoms with van der Waals surface area (Å²) in [6.45, 7) is 9.63. The Bertz CT molecular complexity index is 354. The lowest BCUT2D eigenvalue weighted by Crippen LogP contribution is -2.38. The standard InChI is InChI=1S/C17H31N3O/c1-4-20(5-2)15-17(21)14-18-12-9-13-19(3)16-10-7-6-8-11-16/h6-8,10-11,17-18,21H,4-5,9,12-15H2,1-3H3. The molecule has 0 saturated heterocycles. The normalized spacial score (nSPS) is 12.6. The molecule has 21 heavy (non-hydrogen) atoms. The molecule has 0 aliphatic rings. The van der Waals surface area contributed by atoms with Crippen LogP contribution in [0.2, 0.25) is 0 Å². The fraction of sp³-hybridized carbons (Fsp3) is 0.647. The van der Waals surface area contributed by atoms with E-state index >= 15 is 0 Å². The third-order valence-corrected chi connectivity index (χ3v) is 3.79. The maximum absolute atomic E-state index is 9.95. The van der Waals surface area contributed by atoms with Crippen molar-refractivity contribution in [3.8, 4) is 0 Å². The van der Waals surface area contributed by atoms with Crippen LogP contribution in [-0.4, -0.2) is 62.4 Å². The third kappa shape index (κ3) is 7.46. The molecule has 0 spiro atoms. The molecule has 4 nitrogen and oxygen atoms in total. The molecule has 2 N–H and O–H groups in total. The largest absolute Gasteiger partial charge is 0.390 e. The van der Waals surface area contributed by atoms with Gasteiger partial charge < -0.3 is 20.2 Å². The lowest BCUT2D eigenvalue weighted by molar-refractivity contribution is 0.117. The molecule has 1 aromatic carbocycles. The number of rotatable bonds is 11. The van der Waals surface area contributed by atoms with Gasteiger partial charge in [0.05, 0.1) is 6.10 Å². The van der Waals surface area contributed by atoms with Crippen molar-refractivity contribution < 1.29 is 5.11 Å². The van der Waals surface area contributed by atoms with Crippen LogP contribution in [0.15, 0.2) is 30.3 Å². The van der Waals surface area contributed by atoms with Crippen molar-refractivity contribution in [3.63, 3.8) is 0 Å². The lowest BCUT2D eigenvalue weighted by atomic mass is 10.2. The minimum Gasteiger partial charge on any atom is -0.390 e. The molecule has 0 radical (unpaired) electrons. The highest BCUT2D eigenvalue weighted by atomic mass is 16.3. The van der Waals surface area contributed by atoms with Crippen LogP contribution in [0.4, 0.5) is 5.69 Å². The molecule has 1 rings (SSSR count). The first-order chi connectivity index (χ1) is 10.2. The van der Waals surface area contributed by atoms with E-state index in [0.29, 0.717) is 6.54 Å². The molecular weight excluding hydrogens is 262 g/mol. The molecule has 4 heteroatoms. The molecule has 0 aliphatic carbocycles. The van der Waals surface area contributed by atoms with Crippen LogP contribution in [0.3, 0.4) is 0 Å². The van der Waals surface area contributed by atoms with E-state index in [0.717, 1.165) is 39.1 Å². The average Bonchev–Trinajstić information content (AvgIpc) is 2.52. The first-order valence-corrected chi connectivity index (χ1v) is 8.04. The van der Waals surface area contributed by atoms with E-state index in [1.54, 1.807) is 0 Å². The molecule has 1 aromatic rings. The van der Waals surface area contributed by atoms with E-state index < -0.39 is 0 Å². The van der Waals surface area contributed by atoms with Crippen LogP contribution in [-0.2, 0) is 0 Å². The van der Waals surface area contributed by atoms with Crippen LogP contribution in [0.25, 0.3) is 0 Å². The smallest absolute Gasteiger partial charge is 0.0791 e. The summed E-state index contributed by atoms with van der Waals surface area (Å²) < 4.78 is 0. The van der Waals surface area contributed by atoms with Crippen LogP contribution >= 0.6 is 0 Å². The zero-order valence-electron chi connectivity index (χ0n) is 13.8. The van der Waals surface area contributed by atoms with Crippen molar-refractivity contribution in [2.24, 2.45) is 0 Å². The van der Waals surface area contributed by atoms with Crippen LogP contribution in [0.1, 0.15) is 20.3 Å². The second-order valence-corrected chi connectivity index (χ2v) is 5.45. The Morgan fingerprint density at radius 1 is 1.14 bits per heavy atom. The van der Waals surface area contributed by atoms with Crippen LogP contribution in [0.5, 0.6) is 0 Å². The van der Waals surface area contributed by atoms with Crippen molar-refractivity contribution in [2.45, 2.75) is 26.4 Å². The van der Waals surface area contributed by atoms with Gasteiger partial charge in [0.25, 0.3) is 0 Å². The van der Waals surface area contributed by atoms with Crippen LogP contribution < -0.4 is 10.2 Å². The Balaban J connectivity index is 2.09. The first-order valence-electron chi connectivity index (χ1n) is 8.04. The van der Waals surface area contributed by atoms with Gasteiger partial charge in [-0.05, 0) is 38.2 Å². The van der Waals surface area contributed by atoms with E-state index in [1.165, 1.54) is 5.69 Å². The summed E-state index contributed by atoms with van der Waals surface area (Å²) in [7, 11) is 2.12. The fourth-order valence-corrected chi connectivity index (χ4v) is 2.37. The number of aliphatic hydroxyl groups is 1. The maximum atomic E-state index is 9.95. The zero-order chi connectivity index (χ0) is 15.5. The lowest BCUT2D eigenvalue weighted by Gasteiger charge is -2.22. The molecule has 0 amide bonds. The molecule has 0 aliphatic heterocycles. The Hall–Kier alpha value is -1.10. The topological polar surface area (TPSA) is 38.7 Å². The molecule has 0 fully saturated rings. The number of hydrogen-bond acceptors (Lipinski definition) is 4. The molecule has 0 saturated carbocycles. The van der Waals surface area contributed by atoms with Gasteiger partial charge in [-0.3, -0.25) is 0 Å². The van der Waals surface area contributed by atoms with Gasteiger partial charge in [-0.25, -0.2) is 0 Å². The number of nitrogens with zero attached hydrogens (tertiary/aromatic N) is 2. The number of aliphatic hydroxyl groups excluding tert-OH is 1. The predicted molar refractivity (Wildman–Crippen MR) is 91.0 cm³/mol. The Morgan fingerprint density at radius 3 is 2.43 bits per heavy atom. The number of anilines is 1. The highest BCUT2D eigenvalue weighted by Crippen LogP contribution is 2.10. The van der Waals surface area contributed by atoms with Crippen molar-refractivity contribution in [1.29, 1.82) is 0 Å². The highest BCUT2D eigenvalue weighted by molar-refractivity contribution is 5.44. The summed E-state index contributed by atoms with van der Waals surface area (Å²) >= 11 is 0. The van der Waals surface area contributed by atoms with Gasteiger partial charge in [0, 0.05) is 32.4 Å². The summed E-state index contributed by atoms with van der Waals surface area (Å²) in [5.41, 5.74) is 1.25. The van der Waals surface area contributed by atoms with E-state index in [2.05, 4.69) is 60.3 Å². The number of hydrogen-bond donors (Lipinski definition) is 2. The summed E-state index contributed by atoms with van der Waals surface area (Å²) in [4.78, 5) is 4.50. The Kier molecular flexibility index (Phi) is 9.06. The van der Waals surface area contributed by atoms with Crippen molar-refractivity contribution >= 4 is 5.69 Å². The van der Waals surface area contributed by atoms with Crippen molar-refractivity contribution in [1.82, 2.24) is 10.2 Å². The van der Waals surface area contributed by atoms with Gasteiger partial charge >= 0.3 is 0 Å². The zero-order valence-corrected chi connectivity index (χ0v) is 13.8. The van der Waals surface area contributed by atoms with Crippen molar-refractivity contribution in [2.75, 3.05) is 51.2 Å². The molecular formula is C17H31N3O. The van der Waals surface area contributed by atoms with Crippen molar-refractivity contribution in [3.05, 3.63) is 30.3 Å². The summed E-state index contributed by atoms with van der Waals surface area (Å²) in [6.07, 6.45) is 0.792. The maximum Gasteiger partial charge on any atom is 0.0791 e. The predicted octanol–water partition coefficient (Wildman–Crippen LogP) is 1.81. The minimum atomic E-state index is -0.281. The average molecular weight is 293 g/mol. The Labute approximate surface area is 129 Å². The minimum absolute atomic E-state index is 0.281. The molecule has 1 atom stereocenters. The quantitative estimate of drug-likeness (QED) is 0.610. The van der Waals surface area contributed by atoms with E-state index in [-0.39, 0.29) is 6.10 Å². The third-order valence-electron chi connectivity index (χ3n) is 3.79. The number of benzene rings is 1.